The number of hydrogen-bond donors (Lipinski definition) is 1. The number of hydrogen-bond acceptors (Lipinski definition) is 6. The van der Waals surface area contributed by atoms with Crippen LogP contribution in [0.5, 0.6) is 0 Å². The van der Waals surface area contributed by atoms with Crippen molar-refractivity contribution in [2.24, 2.45) is 0 Å². The molecule has 9 heteroatoms. The maximum absolute atomic E-state index is 13.3. The highest BCUT2D eigenvalue weighted by Crippen LogP contribution is 2.31. The SMILES string of the molecule is O=C(CNc1cc(S(=O)(=O)N2CCCCC2)ccc1N1CCOCC1)N1CCCCCCC1. The Kier molecular flexibility index (Phi) is 8.49. The number of carbonyl (C=O) groups excluding carboxylic acids is 1. The van der Waals surface area contributed by atoms with Gasteiger partial charge in [-0.05, 0) is 43.9 Å². The van der Waals surface area contributed by atoms with Gasteiger partial charge in [-0.2, -0.15) is 4.31 Å². The highest BCUT2D eigenvalue weighted by atomic mass is 32.2. The van der Waals surface area contributed by atoms with E-state index in [2.05, 4.69) is 10.2 Å². The number of sulfonamides is 1. The first-order valence-electron chi connectivity index (χ1n) is 12.5. The van der Waals surface area contributed by atoms with E-state index >= 15 is 0 Å². The van der Waals surface area contributed by atoms with Crippen LogP contribution in [-0.4, -0.2) is 82.6 Å². The molecule has 33 heavy (non-hydrogen) atoms. The van der Waals surface area contributed by atoms with Crippen LogP contribution in [0, 0.1) is 0 Å². The fourth-order valence-electron chi connectivity index (χ4n) is 4.93. The van der Waals surface area contributed by atoms with Crippen molar-refractivity contribution < 1.29 is 17.9 Å². The molecule has 0 spiro atoms. The third-order valence-electron chi connectivity index (χ3n) is 6.91. The van der Waals surface area contributed by atoms with Crippen LogP contribution < -0.4 is 10.2 Å². The first-order valence-corrected chi connectivity index (χ1v) is 14.0. The topological polar surface area (TPSA) is 82.2 Å². The summed E-state index contributed by atoms with van der Waals surface area (Å²) in [6.45, 7) is 5.69. The number of amides is 1. The molecule has 0 aromatic heterocycles. The number of likely N-dealkylation sites (tertiary alicyclic amines) is 1. The Labute approximate surface area is 198 Å². The van der Waals surface area contributed by atoms with Crippen molar-refractivity contribution in [3.63, 3.8) is 0 Å². The summed E-state index contributed by atoms with van der Waals surface area (Å²) in [6, 6.07) is 5.31. The molecule has 8 nitrogen and oxygen atoms in total. The molecule has 3 saturated heterocycles. The molecule has 0 aliphatic carbocycles. The maximum atomic E-state index is 13.3. The van der Waals surface area contributed by atoms with Gasteiger partial charge in [0.15, 0.2) is 0 Å². The van der Waals surface area contributed by atoms with Crippen LogP contribution in [0.4, 0.5) is 11.4 Å². The van der Waals surface area contributed by atoms with Gasteiger partial charge in [0.25, 0.3) is 0 Å². The number of carbonyl (C=O) groups is 1. The molecule has 3 heterocycles. The molecule has 0 atom stereocenters. The van der Waals surface area contributed by atoms with E-state index in [0.29, 0.717) is 36.9 Å². The van der Waals surface area contributed by atoms with E-state index < -0.39 is 10.0 Å². The fourth-order valence-corrected chi connectivity index (χ4v) is 6.47. The molecule has 3 fully saturated rings. The Morgan fingerprint density at radius 3 is 2.15 bits per heavy atom. The Hall–Kier alpha value is -1.84. The van der Waals surface area contributed by atoms with Gasteiger partial charge in [-0.1, -0.05) is 25.7 Å². The van der Waals surface area contributed by atoms with E-state index in [1.165, 1.54) is 19.3 Å². The van der Waals surface area contributed by atoms with Crippen molar-refractivity contribution in [3.8, 4) is 0 Å². The van der Waals surface area contributed by atoms with Crippen LogP contribution in [0.1, 0.15) is 51.4 Å². The van der Waals surface area contributed by atoms with Gasteiger partial charge in [0.2, 0.25) is 15.9 Å². The lowest BCUT2D eigenvalue weighted by Crippen LogP contribution is -2.39. The summed E-state index contributed by atoms with van der Waals surface area (Å²) >= 11 is 0. The Bertz CT molecular complexity index is 888. The number of piperidine rings is 1. The van der Waals surface area contributed by atoms with Crippen LogP contribution in [0.25, 0.3) is 0 Å². The van der Waals surface area contributed by atoms with Crippen molar-refractivity contribution in [3.05, 3.63) is 18.2 Å². The second-order valence-electron chi connectivity index (χ2n) is 9.25. The minimum atomic E-state index is -3.55. The normalized spacial score (nSPS) is 21.3. The molecule has 0 saturated carbocycles. The number of nitrogens with one attached hydrogen (secondary N) is 1. The molecule has 1 amide bonds. The number of morpholine rings is 1. The van der Waals surface area contributed by atoms with Crippen LogP contribution in [-0.2, 0) is 19.6 Å². The van der Waals surface area contributed by atoms with Crippen molar-refractivity contribution in [1.29, 1.82) is 0 Å². The van der Waals surface area contributed by atoms with Gasteiger partial charge >= 0.3 is 0 Å². The zero-order valence-electron chi connectivity index (χ0n) is 19.6. The van der Waals surface area contributed by atoms with E-state index in [-0.39, 0.29) is 12.5 Å². The zero-order chi connectivity index (χ0) is 23.1. The average molecular weight is 479 g/mol. The van der Waals surface area contributed by atoms with E-state index in [1.54, 1.807) is 16.4 Å². The van der Waals surface area contributed by atoms with Gasteiger partial charge in [0.1, 0.15) is 0 Å². The van der Waals surface area contributed by atoms with Gasteiger partial charge in [-0.15, -0.1) is 0 Å². The van der Waals surface area contributed by atoms with E-state index in [9.17, 15) is 13.2 Å². The van der Waals surface area contributed by atoms with Gasteiger partial charge < -0.3 is 19.9 Å². The number of anilines is 2. The van der Waals surface area contributed by atoms with Crippen LogP contribution in [0.2, 0.25) is 0 Å². The Morgan fingerprint density at radius 2 is 1.45 bits per heavy atom. The number of ether oxygens (including phenoxy) is 1. The predicted octanol–water partition coefficient (Wildman–Crippen LogP) is 2.90. The number of benzene rings is 1. The van der Waals surface area contributed by atoms with Gasteiger partial charge in [-0.3, -0.25) is 4.79 Å². The lowest BCUT2D eigenvalue weighted by molar-refractivity contribution is -0.129. The lowest BCUT2D eigenvalue weighted by atomic mass is 10.1. The molecule has 1 N–H and O–H groups in total. The highest BCUT2D eigenvalue weighted by molar-refractivity contribution is 7.89. The molecule has 0 unspecified atom stereocenters. The average Bonchev–Trinajstić information content (AvgIpc) is 2.83. The maximum Gasteiger partial charge on any atom is 0.243 e. The summed E-state index contributed by atoms with van der Waals surface area (Å²) in [7, 11) is -3.55. The van der Waals surface area contributed by atoms with E-state index in [1.807, 2.05) is 11.0 Å². The summed E-state index contributed by atoms with van der Waals surface area (Å²) < 4.78 is 33.6. The third-order valence-corrected chi connectivity index (χ3v) is 8.81. The lowest BCUT2D eigenvalue weighted by Gasteiger charge is -2.32. The van der Waals surface area contributed by atoms with E-state index in [0.717, 1.165) is 64.0 Å². The monoisotopic (exact) mass is 478 g/mol. The van der Waals surface area contributed by atoms with Crippen LogP contribution >= 0.6 is 0 Å². The van der Waals surface area contributed by atoms with Crippen LogP contribution in [0.15, 0.2) is 23.1 Å². The highest BCUT2D eigenvalue weighted by Gasteiger charge is 2.27. The smallest absolute Gasteiger partial charge is 0.243 e. The fraction of sp³-hybridized carbons (Fsp3) is 0.708. The molecule has 3 aliphatic heterocycles. The molecule has 1 aromatic rings. The molecule has 4 rings (SSSR count). The molecule has 184 valence electrons. The molecule has 3 aliphatic rings. The van der Waals surface area contributed by atoms with Gasteiger partial charge in [-0.25, -0.2) is 8.42 Å². The largest absolute Gasteiger partial charge is 0.378 e. The molecule has 0 bridgehead atoms. The Morgan fingerprint density at radius 1 is 0.848 bits per heavy atom. The minimum Gasteiger partial charge on any atom is -0.378 e. The quantitative estimate of drug-likeness (QED) is 0.677. The Balaban J connectivity index is 1.53. The molecule has 1 aromatic carbocycles. The number of rotatable bonds is 6. The van der Waals surface area contributed by atoms with Gasteiger partial charge in [0, 0.05) is 39.3 Å². The van der Waals surface area contributed by atoms with Gasteiger partial charge in [0.05, 0.1) is 36.0 Å². The third kappa shape index (κ3) is 6.19. The standard InChI is InChI=1S/C24H38N4O4S/c29-24(27-11-5-2-1-3-6-12-27)20-25-22-19-21(33(30,31)28-13-7-4-8-14-28)9-10-23(22)26-15-17-32-18-16-26/h9-10,19,25H,1-8,11-18,20H2. The second kappa shape index (κ2) is 11.5. The zero-order valence-corrected chi connectivity index (χ0v) is 20.5. The van der Waals surface area contributed by atoms with Crippen molar-refractivity contribution in [2.45, 2.75) is 56.3 Å². The second-order valence-corrected chi connectivity index (χ2v) is 11.2. The summed E-state index contributed by atoms with van der Waals surface area (Å²) in [6.07, 6.45) is 8.59. The molecular formula is C24H38N4O4S. The first kappa shape index (κ1) is 24.3. The van der Waals surface area contributed by atoms with Crippen molar-refractivity contribution in [2.75, 3.05) is 69.2 Å². The van der Waals surface area contributed by atoms with Crippen molar-refractivity contribution in [1.82, 2.24) is 9.21 Å². The molecule has 0 radical (unpaired) electrons. The first-order chi connectivity index (χ1) is 16.1. The van der Waals surface area contributed by atoms with Crippen molar-refractivity contribution >= 4 is 27.3 Å². The number of nitrogens with zero attached hydrogens (tertiary/aromatic N) is 3. The summed E-state index contributed by atoms with van der Waals surface area (Å²) in [4.78, 5) is 17.4. The minimum absolute atomic E-state index is 0.0779. The molecular weight excluding hydrogens is 440 g/mol. The summed E-state index contributed by atoms with van der Waals surface area (Å²) in [5, 5.41) is 3.30. The predicted molar refractivity (Wildman–Crippen MR) is 130 cm³/mol. The van der Waals surface area contributed by atoms with Crippen LogP contribution in [0.3, 0.4) is 0 Å². The summed E-state index contributed by atoms with van der Waals surface area (Å²) in [5.74, 6) is 0.0779. The summed E-state index contributed by atoms with van der Waals surface area (Å²) in [5.41, 5.74) is 1.63. The van der Waals surface area contributed by atoms with E-state index in [4.69, 9.17) is 4.74 Å².